The second-order valence-corrected chi connectivity index (χ2v) is 6.48. The van der Waals surface area contributed by atoms with Crippen LogP contribution in [0.25, 0.3) is 11.4 Å². The van der Waals surface area contributed by atoms with Crippen LogP contribution in [-0.4, -0.2) is 46.1 Å². The number of hydrogen-bond donors (Lipinski definition) is 0. The topological polar surface area (TPSA) is 81.8 Å². The lowest BCUT2D eigenvalue weighted by Crippen LogP contribution is -2.47. The van der Waals surface area contributed by atoms with Crippen LogP contribution >= 0.6 is 11.6 Å². The second-order valence-electron chi connectivity index (χ2n) is 6.07. The Kier molecular flexibility index (Phi) is 4.81. The quantitative estimate of drug-likeness (QED) is 0.694. The Labute approximate surface area is 161 Å². The summed E-state index contributed by atoms with van der Waals surface area (Å²) in [5, 5.41) is 9.44. The molecule has 1 aliphatic rings. The lowest BCUT2D eigenvalue weighted by molar-refractivity contribution is 0.635. The van der Waals surface area contributed by atoms with Gasteiger partial charge in [-0.1, -0.05) is 17.7 Å². The molecule has 0 spiro atoms. The standard InChI is InChI=1S/C19H16ClN7/c20-15-11-14(12-21)13-24-18(15)26-7-9-27(10-8-26)19-23-6-4-17(25-19)16-3-1-2-5-22-16/h1-6,11,13H,7-10H2. The summed E-state index contributed by atoms with van der Waals surface area (Å²) in [7, 11) is 0. The van der Waals surface area contributed by atoms with Crippen LogP contribution in [0.1, 0.15) is 5.56 Å². The highest BCUT2D eigenvalue weighted by Gasteiger charge is 2.22. The van der Waals surface area contributed by atoms with Crippen LogP contribution < -0.4 is 9.80 Å². The van der Waals surface area contributed by atoms with Crippen LogP contribution in [0.3, 0.4) is 0 Å². The number of aromatic nitrogens is 4. The van der Waals surface area contributed by atoms with Crippen molar-refractivity contribution in [3.05, 3.63) is 59.5 Å². The van der Waals surface area contributed by atoms with Gasteiger partial charge in [-0.2, -0.15) is 5.26 Å². The van der Waals surface area contributed by atoms with Crippen molar-refractivity contribution in [2.45, 2.75) is 0 Å². The highest BCUT2D eigenvalue weighted by molar-refractivity contribution is 6.33. The number of nitrogens with zero attached hydrogens (tertiary/aromatic N) is 7. The SMILES string of the molecule is N#Cc1cnc(N2CCN(c3nccc(-c4ccccn4)n3)CC2)c(Cl)c1. The minimum atomic E-state index is 0.460. The maximum Gasteiger partial charge on any atom is 0.226 e. The lowest BCUT2D eigenvalue weighted by atomic mass is 10.2. The Balaban J connectivity index is 1.48. The Hall–Kier alpha value is -3.24. The summed E-state index contributed by atoms with van der Waals surface area (Å²) in [4.78, 5) is 22.0. The van der Waals surface area contributed by atoms with E-state index in [2.05, 4.69) is 29.7 Å². The van der Waals surface area contributed by atoms with Gasteiger partial charge in [0.25, 0.3) is 0 Å². The third-order valence-corrected chi connectivity index (χ3v) is 4.66. The fourth-order valence-electron chi connectivity index (χ4n) is 3.00. The first-order chi connectivity index (χ1) is 13.2. The molecular weight excluding hydrogens is 362 g/mol. The van der Waals surface area contributed by atoms with E-state index in [0.717, 1.165) is 37.6 Å². The predicted octanol–water partition coefficient (Wildman–Crippen LogP) is 2.79. The van der Waals surface area contributed by atoms with Gasteiger partial charge in [0.05, 0.1) is 22.0 Å². The normalized spacial score (nSPS) is 14.1. The molecular formula is C19H16ClN7. The maximum atomic E-state index is 8.94. The Morgan fingerprint density at radius 1 is 0.926 bits per heavy atom. The van der Waals surface area contributed by atoms with Gasteiger partial charge in [0.1, 0.15) is 11.9 Å². The minimum absolute atomic E-state index is 0.460. The van der Waals surface area contributed by atoms with Crippen LogP contribution in [-0.2, 0) is 0 Å². The largest absolute Gasteiger partial charge is 0.352 e. The molecule has 1 fully saturated rings. The summed E-state index contributed by atoms with van der Waals surface area (Å²) < 4.78 is 0. The van der Waals surface area contributed by atoms with Crippen molar-refractivity contribution in [1.29, 1.82) is 5.26 Å². The van der Waals surface area contributed by atoms with E-state index < -0.39 is 0 Å². The number of piperazine rings is 1. The smallest absolute Gasteiger partial charge is 0.226 e. The molecule has 3 aromatic heterocycles. The molecule has 4 rings (SSSR count). The summed E-state index contributed by atoms with van der Waals surface area (Å²) in [5.74, 6) is 1.40. The number of halogens is 1. The van der Waals surface area contributed by atoms with Gasteiger partial charge in [-0.05, 0) is 24.3 Å². The van der Waals surface area contributed by atoms with E-state index in [0.29, 0.717) is 22.4 Å². The van der Waals surface area contributed by atoms with Crippen molar-refractivity contribution in [1.82, 2.24) is 19.9 Å². The average Bonchev–Trinajstić information content (AvgIpc) is 2.74. The number of pyridine rings is 2. The van der Waals surface area contributed by atoms with Crippen molar-refractivity contribution in [2.75, 3.05) is 36.0 Å². The molecule has 0 N–H and O–H groups in total. The number of hydrogen-bond acceptors (Lipinski definition) is 7. The molecule has 0 atom stereocenters. The molecule has 3 aromatic rings. The van der Waals surface area contributed by atoms with E-state index >= 15 is 0 Å². The molecule has 8 heteroatoms. The maximum absolute atomic E-state index is 8.94. The first kappa shape index (κ1) is 17.2. The summed E-state index contributed by atoms with van der Waals surface area (Å²) >= 11 is 6.28. The highest BCUT2D eigenvalue weighted by atomic mass is 35.5. The molecule has 7 nitrogen and oxygen atoms in total. The third-order valence-electron chi connectivity index (χ3n) is 4.38. The highest BCUT2D eigenvalue weighted by Crippen LogP contribution is 2.26. The first-order valence-electron chi connectivity index (χ1n) is 8.54. The lowest BCUT2D eigenvalue weighted by Gasteiger charge is -2.35. The van der Waals surface area contributed by atoms with Crippen LogP contribution in [0.5, 0.6) is 0 Å². The van der Waals surface area contributed by atoms with E-state index in [1.165, 1.54) is 0 Å². The Morgan fingerprint density at radius 3 is 2.44 bits per heavy atom. The van der Waals surface area contributed by atoms with Crippen LogP contribution in [0.2, 0.25) is 5.02 Å². The van der Waals surface area contributed by atoms with Crippen LogP contribution in [0, 0.1) is 11.3 Å². The van der Waals surface area contributed by atoms with Crippen molar-refractivity contribution >= 4 is 23.4 Å². The van der Waals surface area contributed by atoms with E-state index in [-0.39, 0.29) is 0 Å². The first-order valence-corrected chi connectivity index (χ1v) is 8.92. The predicted molar refractivity (Wildman–Crippen MR) is 104 cm³/mol. The molecule has 0 radical (unpaired) electrons. The van der Waals surface area contributed by atoms with Crippen molar-refractivity contribution < 1.29 is 0 Å². The zero-order valence-electron chi connectivity index (χ0n) is 14.5. The van der Waals surface area contributed by atoms with E-state index in [9.17, 15) is 0 Å². The summed E-state index contributed by atoms with van der Waals surface area (Å²) in [6, 6.07) is 11.3. The van der Waals surface area contributed by atoms with Gasteiger partial charge in [-0.15, -0.1) is 0 Å². The third kappa shape index (κ3) is 3.66. The summed E-state index contributed by atoms with van der Waals surface area (Å²) in [5.41, 5.74) is 2.09. The van der Waals surface area contributed by atoms with Gasteiger partial charge in [-0.3, -0.25) is 4.98 Å². The minimum Gasteiger partial charge on any atom is -0.352 e. The second kappa shape index (κ2) is 7.56. The van der Waals surface area contributed by atoms with Gasteiger partial charge in [0, 0.05) is 44.8 Å². The average molecular weight is 378 g/mol. The fourth-order valence-corrected chi connectivity index (χ4v) is 3.29. The van der Waals surface area contributed by atoms with Crippen molar-refractivity contribution in [2.24, 2.45) is 0 Å². The molecule has 0 amide bonds. The summed E-state index contributed by atoms with van der Waals surface area (Å²) in [6.45, 7) is 3.00. The fraction of sp³-hybridized carbons (Fsp3) is 0.211. The molecule has 1 saturated heterocycles. The van der Waals surface area contributed by atoms with Gasteiger partial charge < -0.3 is 9.80 Å². The van der Waals surface area contributed by atoms with Crippen molar-refractivity contribution in [3.8, 4) is 17.5 Å². The number of anilines is 2. The van der Waals surface area contributed by atoms with Gasteiger partial charge in [0.2, 0.25) is 5.95 Å². The molecule has 1 aliphatic heterocycles. The monoisotopic (exact) mass is 377 g/mol. The number of rotatable bonds is 3. The molecule has 0 aliphatic carbocycles. The van der Waals surface area contributed by atoms with Crippen LogP contribution in [0.15, 0.2) is 48.9 Å². The molecule has 0 aromatic carbocycles. The van der Waals surface area contributed by atoms with E-state index in [1.54, 1.807) is 24.7 Å². The van der Waals surface area contributed by atoms with E-state index in [1.807, 2.05) is 30.3 Å². The van der Waals surface area contributed by atoms with Gasteiger partial charge in [0.15, 0.2) is 0 Å². The molecule has 0 unspecified atom stereocenters. The Morgan fingerprint density at radius 2 is 1.74 bits per heavy atom. The summed E-state index contributed by atoms with van der Waals surface area (Å²) in [6.07, 6.45) is 5.06. The number of nitriles is 1. The zero-order valence-corrected chi connectivity index (χ0v) is 15.2. The molecule has 134 valence electrons. The Bertz CT molecular complexity index is 979. The van der Waals surface area contributed by atoms with E-state index in [4.69, 9.17) is 16.9 Å². The molecule has 4 heterocycles. The van der Waals surface area contributed by atoms with Gasteiger partial charge in [-0.25, -0.2) is 15.0 Å². The molecule has 0 saturated carbocycles. The van der Waals surface area contributed by atoms with Gasteiger partial charge >= 0.3 is 0 Å². The molecule has 27 heavy (non-hydrogen) atoms. The zero-order chi connectivity index (χ0) is 18.6. The van der Waals surface area contributed by atoms with Crippen molar-refractivity contribution in [3.63, 3.8) is 0 Å². The van der Waals surface area contributed by atoms with Crippen LogP contribution in [0.4, 0.5) is 11.8 Å². The molecule has 0 bridgehead atoms.